The summed E-state index contributed by atoms with van der Waals surface area (Å²) in [5, 5.41) is 15.8. The Balaban J connectivity index is 3.34. The number of esters is 1. The summed E-state index contributed by atoms with van der Waals surface area (Å²) in [6, 6.07) is 0.954. The number of methoxy groups -OCH3 is 1. The van der Waals surface area contributed by atoms with E-state index in [1.54, 1.807) is 20.8 Å². The molecule has 4 amide bonds. The van der Waals surface area contributed by atoms with Gasteiger partial charge >= 0.3 is 12.1 Å². The predicted octanol–water partition coefficient (Wildman–Crippen LogP) is 1.65. The SMILES string of the molecule is COC(=O)[C@H](C)NC(=O)[C@H](C)N(C(=O)OC(C)(C)C)C(=O)[C@H](CCCCN)NC(=O)c1ccc([N+](=O)[O-])cc1. The minimum absolute atomic E-state index is 0.0405. The molecule has 0 aliphatic carbocycles. The molecule has 39 heavy (non-hydrogen) atoms. The van der Waals surface area contributed by atoms with E-state index in [0.717, 1.165) is 19.2 Å². The van der Waals surface area contributed by atoms with Crippen LogP contribution in [0.2, 0.25) is 0 Å². The van der Waals surface area contributed by atoms with Gasteiger partial charge in [-0.25, -0.2) is 14.5 Å². The van der Waals surface area contributed by atoms with E-state index in [1.165, 1.54) is 26.0 Å². The monoisotopic (exact) mass is 551 g/mol. The first-order chi connectivity index (χ1) is 18.1. The van der Waals surface area contributed by atoms with Crippen LogP contribution in [-0.2, 0) is 23.9 Å². The topological polar surface area (TPSA) is 200 Å². The number of nitro benzene ring substituents is 1. The summed E-state index contributed by atoms with van der Waals surface area (Å²) < 4.78 is 9.96. The molecule has 4 N–H and O–H groups in total. The smallest absolute Gasteiger partial charge is 0.417 e. The van der Waals surface area contributed by atoms with Gasteiger partial charge < -0.3 is 25.8 Å². The number of nitrogens with two attached hydrogens (primary N) is 1. The molecule has 14 nitrogen and oxygen atoms in total. The third kappa shape index (κ3) is 10.3. The van der Waals surface area contributed by atoms with Crippen molar-refractivity contribution in [3.8, 4) is 0 Å². The van der Waals surface area contributed by atoms with Gasteiger partial charge in [0.05, 0.1) is 12.0 Å². The highest BCUT2D eigenvalue weighted by molar-refractivity contribution is 6.03. The van der Waals surface area contributed by atoms with Crippen LogP contribution >= 0.6 is 0 Å². The van der Waals surface area contributed by atoms with Gasteiger partial charge in [0.2, 0.25) is 5.91 Å². The van der Waals surface area contributed by atoms with Crippen LogP contribution in [-0.4, -0.2) is 77.0 Å². The highest BCUT2D eigenvalue weighted by atomic mass is 16.6. The van der Waals surface area contributed by atoms with Gasteiger partial charge in [-0.3, -0.25) is 24.5 Å². The Morgan fingerprint density at radius 2 is 1.64 bits per heavy atom. The van der Waals surface area contributed by atoms with Crippen molar-refractivity contribution in [2.45, 2.75) is 77.6 Å². The van der Waals surface area contributed by atoms with Gasteiger partial charge in [0.1, 0.15) is 23.7 Å². The molecule has 0 bridgehead atoms. The number of carbonyl (C=O) groups is 5. The number of carbonyl (C=O) groups excluding carboxylic acids is 5. The van der Waals surface area contributed by atoms with Gasteiger partial charge in [-0.15, -0.1) is 0 Å². The molecule has 14 heteroatoms. The Kier molecular flexibility index (Phi) is 12.5. The average Bonchev–Trinajstić information content (AvgIpc) is 2.86. The van der Waals surface area contributed by atoms with Gasteiger partial charge in [0.25, 0.3) is 17.5 Å². The number of nitrogens with zero attached hydrogens (tertiary/aromatic N) is 2. The van der Waals surface area contributed by atoms with Crippen molar-refractivity contribution in [3.63, 3.8) is 0 Å². The minimum atomic E-state index is -1.44. The van der Waals surface area contributed by atoms with E-state index in [4.69, 9.17) is 10.5 Å². The third-order valence-corrected chi connectivity index (χ3v) is 5.40. The Hall–Kier alpha value is -4.07. The van der Waals surface area contributed by atoms with Gasteiger partial charge in [0.15, 0.2) is 0 Å². The molecule has 1 aromatic carbocycles. The van der Waals surface area contributed by atoms with Crippen LogP contribution in [0.4, 0.5) is 10.5 Å². The molecule has 0 heterocycles. The van der Waals surface area contributed by atoms with Crippen LogP contribution in [0.1, 0.15) is 64.2 Å². The number of rotatable bonds is 12. The van der Waals surface area contributed by atoms with Crippen LogP contribution in [0, 0.1) is 10.1 Å². The highest BCUT2D eigenvalue weighted by Crippen LogP contribution is 2.17. The summed E-state index contributed by atoms with van der Waals surface area (Å²) in [5.41, 5.74) is 4.36. The number of imide groups is 1. The zero-order valence-electron chi connectivity index (χ0n) is 23.0. The molecule has 0 spiro atoms. The van der Waals surface area contributed by atoms with Gasteiger partial charge in [-0.2, -0.15) is 0 Å². The number of benzene rings is 1. The first kappa shape index (κ1) is 33.0. The highest BCUT2D eigenvalue weighted by Gasteiger charge is 2.39. The largest absolute Gasteiger partial charge is 0.467 e. The molecule has 216 valence electrons. The second-order valence-corrected chi connectivity index (χ2v) is 9.73. The van der Waals surface area contributed by atoms with Gasteiger partial charge in [-0.05, 0) is 72.6 Å². The number of nitro groups is 1. The average molecular weight is 552 g/mol. The van der Waals surface area contributed by atoms with Crippen molar-refractivity contribution < 1.29 is 38.4 Å². The van der Waals surface area contributed by atoms with E-state index in [1.807, 2.05) is 0 Å². The standard InChI is InChI=1S/C25H37N5O9/c1-15(23(34)38-6)27-20(31)16(2)29(24(35)39-25(3,4)5)22(33)19(9-7-8-14-26)28-21(32)17-10-12-18(13-11-17)30(36)37/h10-13,15-16,19H,7-9,14,26H2,1-6H3,(H,27,31)(H,28,32)/t15-,16-,19-/m0/s1. The fraction of sp³-hybridized carbons (Fsp3) is 0.560. The molecule has 0 aliphatic heterocycles. The molecule has 0 saturated heterocycles. The van der Waals surface area contributed by atoms with E-state index in [-0.39, 0.29) is 17.7 Å². The second kappa shape index (κ2) is 14.8. The lowest BCUT2D eigenvalue weighted by Crippen LogP contribution is -2.59. The summed E-state index contributed by atoms with van der Waals surface area (Å²) in [6.45, 7) is 7.69. The normalized spacial score (nSPS) is 13.3. The molecular formula is C25H37N5O9. The number of non-ortho nitro benzene ring substituents is 1. The lowest BCUT2D eigenvalue weighted by Gasteiger charge is -2.32. The molecule has 0 radical (unpaired) electrons. The number of hydrogen-bond donors (Lipinski definition) is 3. The number of ether oxygens (including phenoxy) is 2. The fourth-order valence-corrected chi connectivity index (χ4v) is 3.33. The molecule has 0 aliphatic rings. The Bertz CT molecular complexity index is 1050. The van der Waals surface area contributed by atoms with E-state index >= 15 is 0 Å². The van der Waals surface area contributed by atoms with Gasteiger partial charge in [0, 0.05) is 17.7 Å². The molecule has 1 rings (SSSR count). The van der Waals surface area contributed by atoms with E-state index in [2.05, 4.69) is 15.4 Å². The van der Waals surface area contributed by atoms with Crippen molar-refractivity contribution in [2.75, 3.05) is 13.7 Å². The summed E-state index contributed by atoms with van der Waals surface area (Å²) in [4.78, 5) is 75.3. The summed E-state index contributed by atoms with van der Waals surface area (Å²) in [5.74, 6) is -3.23. The maximum absolute atomic E-state index is 13.7. The number of hydrogen-bond acceptors (Lipinski definition) is 10. The summed E-state index contributed by atoms with van der Waals surface area (Å²) in [6.07, 6.45) is -0.151. The summed E-state index contributed by atoms with van der Waals surface area (Å²) in [7, 11) is 1.14. The fourth-order valence-electron chi connectivity index (χ4n) is 3.33. The quantitative estimate of drug-likeness (QED) is 0.148. The van der Waals surface area contributed by atoms with Gasteiger partial charge in [-0.1, -0.05) is 0 Å². The van der Waals surface area contributed by atoms with Crippen molar-refractivity contribution in [1.29, 1.82) is 0 Å². The van der Waals surface area contributed by atoms with Crippen LogP contribution in [0.3, 0.4) is 0 Å². The van der Waals surface area contributed by atoms with Crippen molar-refractivity contribution in [2.24, 2.45) is 5.73 Å². The molecule has 0 unspecified atom stereocenters. The zero-order chi connectivity index (χ0) is 29.9. The van der Waals surface area contributed by atoms with E-state index in [0.29, 0.717) is 24.3 Å². The van der Waals surface area contributed by atoms with Crippen LogP contribution in [0.15, 0.2) is 24.3 Å². The molecule has 3 atom stereocenters. The Labute approximate surface area is 226 Å². The maximum Gasteiger partial charge on any atom is 0.417 e. The second-order valence-electron chi connectivity index (χ2n) is 9.73. The van der Waals surface area contributed by atoms with Crippen molar-refractivity contribution >= 4 is 35.5 Å². The zero-order valence-corrected chi connectivity index (χ0v) is 23.0. The molecule has 0 fully saturated rings. The molecule has 0 saturated carbocycles. The third-order valence-electron chi connectivity index (χ3n) is 5.40. The number of unbranched alkanes of at least 4 members (excludes halogenated alkanes) is 1. The maximum atomic E-state index is 13.7. The van der Waals surface area contributed by atoms with Crippen LogP contribution < -0.4 is 16.4 Å². The minimum Gasteiger partial charge on any atom is -0.467 e. The van der Waals surface area contributed by atoms with E-state index < -0.39 is 58.4 Å². The van der Waals surface area contributed by atoms with Crippen molar-refractivity contribution in [1.82, 2.24) is 15.5 Å². The van der Waals surface area contributed by atoms with Crippen molar-refractivity contribution in [3.05, 3.63) is 39.9 Å². The Morgan fingerprint density at radius 1 is 1.05 bits per heavy atom. The first-order valence-electron chi connectivity index (χ1n) is 12.3. The Morgan fingerprint density at radius 3 is 2.13 bits per heavy atom. The molecule has 1 aromatic rings. The lowest BCUT2D eigenvalue weighted by molar-refractivity contribution is -0.384. The summed E-state index contributed by atoms with van der Waals surface area (Å²) >= 11 is 0. The van der Waals surface area contributed by atoms with E-state index in [9.17, 15) is 34.1 Å². The number of amides is 4. The lowest BCUT2D eigenvalue weighted by atomic mass is 10.1. The molecule has 0 aromatic heterocycles. The first-order valence-corrected chi connectivity index (χ1v) is 12.3. The predicted molar refractivity (Wildman–Crippen MR) is 139 cm³/mol. The van der Waals surface area contributed by atoms with Crippen LogP contribution in [0.5, 0.6) is 0 Å². The number of nitrogens with one attached hydrogen (secondary N) is 2. The van der Waals surface area contributed by atoms with Crippen LogP contribution in [0.25, 0.3) is 0 Å². The molecular weight excluding hydrogens is 514 g/mol.